The highest BCUT2D eigenvalue weighted by Crippen LogP contribution is 2.15. The van der Waals surface area contributed by atoms with Crippen molar-refractivity contribution in [1.29, 1.82) is 0 Å². The van der Waals surface area contributed by atoms with Gasteiger partial charge in [0.2, 0.25) is 5.91 Å². The van der Waals surface area contributed by atoms with Crippen molar-refractivity contribution < 1.29 is 14.3 Å². The lowest BCUT2D eigenvalue weighted by Crippen LogP contribution is -2.55. The summed E-state index contributed by atoms with van der Waals surface area (Å²) in [7, 11) is 0. The summed E-state index contributed by atoms with van der Waals surface area (Å²) in [6, 6.07) is 16.9. The van der Waals surface area contributed by atoms with Gasteiger partial charge in [-0.1, -0.05) is 54.1 Å². The van der Waals surface area contributed by atoms with E-state index in [1.54, 1.807) is 20.8 Å². The Morgan fingerprint density at radius 3 is 2.19 bits per heavy atom. The number of halogens is 1. The van der Waals surface area contributed by atoms with E-state index in [1.807, 2.05) is 59.5 Å². The van der Waals surface area contributed by atoms with Crippen LogP contribution in [-0.2, 0) is 22.5 Å². The smallest absolute Gasteiger partial charge is 0.408 e. The number of nitrogens with one attached hydrogen (secondary N) is 1. The molecule has 1 heterocycles. The molecule has 0 bridgehead atoms. The second-order valence-electron chi connectivity index (χ2n) is 9.12. The Hall–Kier alpha value is -2.57. The molecule has 0 saturated carbocycles. The van der Waals surface area contributed by atoms with Gasteiger partial charge >= 0.3 is 6.09 Å². The van der Waals surface area contributed by atoms with Gasteiger partial charge < -0.3 is 15.0 Å². The highest BCUT2D eigenvalue weighted by atomic mass is 35.5. The fraction of sp³-hybridized carbons (Fsp3) is 0.440. The molecule has 7 heteroatoms. The van der Waals surface area contributed by atoms with Gasteiger partial charge in [-0.15, -0.1) is 0 Å². The van der Waals surface area contributed by atoms with Crippen molar-refractivity contribution in [2.24, 2.45) is 0 Å². The van der Waals surface area contributed by atoms with Gasteiger partial charge in [-0.25, -0.2) is 4.79 Å². The zero-order valence-electron chi connectivity index (χ0n) is 19.0. The van der Waals surface area contributed by atoms with Crippen LogP contribution in [0.1, 0.15) is 31.9 Å². The van der Waals surface area contributed by atoms with Gasteiger partial charge in [0.05, 0.1) is 0 Å². The fourth-order valence-corrected chi connectivity index (χ4v) is 3.82. The molecular weight excluding hydrogens is 426 g/mol. The van der Waals surface area contributed by atoms with Gasteiger partial charge in [-0.05, 0) is 44.0 Å². The molecule has 1 saturated heterocycles. The van der Waals surface area contributed by atoms with E-state index in [1.165, 1.54) is 5.56 Å². The zero-order chi connectivity index (χ0) is 23.1. The molecule has 2 aromatic carbocycles. The Morgan fingerprint density at radius 1 is 0.969 bits per heavy atom. The molecule has 0 aliphatic carbocycles. The average Bonchev–Trinajstić information content (AvgIpc) is 2.74. The number of rotatable bonds is 6. The summed E-state index contributed by atoms with van der Waals surface area (Å²) in [4.78, 5) is 29.9. The first-order valence-corrected chi connectivity index (χ1v) is 11.4. The van der Waals surface area contributed by atoms with Crippen LogP contribution in [0.15, 0.2) is 54.6 Å². The number of carbonyl (C=O) groups excluding carboxylic acids is 2. The number of ether oxygens (including phenoxy) is 1. The van der Waals surface area contributed by atoms with Crippen LogP contribution < -0.4 is 5.32 Å². The highest BCUT2D eigenvalue weighted by Gasteiger charge is 2.30. The van der Waals surface area contributed by atoms with Crippen molar-refractivity contribution in [2.75, 3.05) is 26.2 Å². The topological polar surface area (TPSA) is 61.9 Å². The molecule has 1 aliphatic rings. The molecule has 1 N–H and O–H groups in total. The van der Waals surface area contributed by atoms with E-state index in [4.69, 9.17) is 16.3 Å². The maximum Gasteiger partial charge on any atom is 0.408 e. The standard InChI is InChI=1S/C25H32ClN3O3/c1-25(2,3)32-24(31)27-22(17-19-7-5-4-6-8-19)23(30)29-15-13-28(14-16-29)18-20-9-11-21(26)12-10-20/h4-12,22H,13-18H2,1-3H3,(H,27,31)/t22-/m0/s1. The van der Waals surface area contributed by atoms with Crippen LogP contribution >= 0.6 is 11.6 Å². The number of piperazine rings is 1. The minimum atomic E-state index is -0.671. The van der Waals surface area contributed by atoms with Crippen LogP contribution in [-0.4, -0.2) is 59.6 Å². The SMILES string of the molecule is CC(C)(C)OC(=O)N[C@@H](Cc1ccccc1)C(=O)N1CCN(Cc2ccc(Cl)cc2)CC1. The molecule has 0 radical (unpaired) electrons. The fourth-order valence-electron chi connectivity index (χ4n) is 3.69. The Labute approximate surface area is 195 Å². The van der Waals surface area contributed by atoms with E-state index < -0.39 is 17.7 Å². The van der Waals surface area contributed by atoms with Crippen LogP contribution in [0.4, 0.5) is 4.79 Å². The summed E-state index contributed by atoms with van der Waals surface area (Å²) >= 11 is 5.97. The maximum absolute atomic E-state index is 13.3. The van der Waals surface area contributed by atoms with Crippen LogP contribution in [0.25, 0.3) is 0 Å². The summed E-state index contributed by atoms with van der Waals surface area (Å²) in [5.74, 6) is -0.0779. The average molecular weight is 458 g/mol. The van der Waals surface area contributed by atoms with Crippen LogP contribution in [0.2, 0.25) is 5.02 Å². The summed E-state index contributed by atoms with van der Waals surface area (Å²) < 4.78 is 5.40. The lowest BCUT2D eigenvalue weighted by Gasteiger charge is -2.36. The minimum absolute atomic E-state index is 0.0779. The van der Waals surface area contributed by atoms with E-state index in [0.717, 1.165) is 30.2 Å². The molecule has 32 heavy (non-hydrogen) atoms. The van der Waals surface area contributed by atoms with Crippen molar-refractivity contribution in [3.63, 3.8) is 0 Å². The molecule has 1 atom stereocenters. The molecule has 172 valence electrons. The van der Waals surface area contributed by atoms with Crippen molar-refractivity contribution in [2.45, 2.75) is 45.4 Å². The summed E-state index contributed by atoms with van der Waals surface area (Å²) in [6.07, 6.45) is -0.155. The van der Waals surface area contributed by atoms with E-state index in [0.29, 0.717) is 19.5 Å². The van der Waals surface area contributed by atoms with Gasteiger partial charge in [-0.3, -0.25) is 9.69 Å². The molecule has 0 unspecified atom stereocenters. The third-order valence-electron chi connectivity index (χ3n) is 5.28. The number of nitrogens with zero attached hydrogens (tertiary/aromatic N) is 2. The Bertz CT molecular complexity index is 889. The third-order valence-corrected chi connectivity index (χ3v) is 5.53. The summed E-state index contributed by atoms with van der Waals surface area (Å²) in [6.45, 7) is 9.03. The first-order valence-electron chi connectivity index (χ1n) is 11.0. The second-order valence-corrected chi connectivity index (χ2v) is 9.55. The van der Waals surface area contributed by atoms with Crippen molar-refractivity contribution in [1.82, 2.24) is 15.1 Å². The van der Waals surface area contributed by atoms with Crippen LogP contribution in [0.5, 0.6) is 0 Å². The molecule has 1 aliphatic heterocycles. The number of hydrogen-bond donors (Lipinski definition) is 1. The minimum Gasteiger partial charge on any atom is -0.444 e. The summed E-state index contributed by atoms with van der Waals surface area (Å²) in [5, 5.41) is 3.52. The maximum atomic E-state index is 13.3. The monoisotopic (exact) mass is 457 g/mol. The Kier molecular flexibility index (Phi) is 8.15. The first kappa shape index (κ1) is 24.1. The van der Waals surface area contributed by atoms with Crippen molar-refractivity contribution in [3.05, 3.63) is 70.7 Å². The van der Waals surface area contributed by atoms with E-state index >= 15 is 0 Å². The normalized spacial score (nSPS) is 15.8. The number of benzene rings is 2. The van der Waals surface area contributed by atoms with E-state index in [9.17, 15) is 9.59 Å². The Morgan fingerprint density at radius 2 is 1.59 bits per heavy atom. The lowest BCUT2D eigenvalue weighted by molar-refractivity contribution is -0.135. The molecular formula is C25H32ClN3O3. The van der Waals surface area contributed by atoms with Gasteiger partial charge in [-0.2, -0.15) is 0 Å². The number of hydrogen-bond acceptors (Lipinski definition) is 4. The second kappa shape index (κ2) is 10.8. The molecule has 1 fully saturated rings. The number of amides is 2. The van der Waals surface area contributed by atoms with E-state index in [-0.39, 0.29) is 5.91 Å². The predicted molar refractivity (Wildman–Crippen MR) is 127 cm³/mol. The number of alkyl carbamates (subject to hydrolysis) is 1. The van der Waals surface area contributed by atoms with Crippen LogP contribution in [0, 0.1) is 0 Å². The predicted octanol–water partition coefficient (Wildman–Crippen LogP) is 4.12. The molecule has 2 amide bonds. The van der Waals surface area contributed by atoms with Gasteiger partial charge in [0, 0.05) is 44.2 Å². The first-order chi connectivity index (χ1) is 15.2. The Balaban J connectivity index is 1.61. The largest absolute Gasteiger partial charge is 0.444 e. The van der Waals surface area contributed by atoms with Crippen molar-refractivity contribution >= 4 is 23.6 Å². The number of carbonyl (C=O) groups is 2. The molecule has 3 rings (SSSR count). The highest BCUT2D eigenvalue weighted by molar-refractivity contribution is 6.30. The molecule has 2 aromatic rings. The zero-order valence-corrected chi connectivity index (χ0v) is 19.8. The lowest BCUT2D eigenvalue weighted by atomic mass is 10.0. The van der Waals surface area contributed by atoms with Gasteiger partial charge in [0.15, 0.2) is 0 Å². The van der Waals surface area contributed by atoms with Gasteiger partial charge in [0.1, 0.15) is 11.6 Å². The molecule has 0 spiro atoms. The quantitative estimate of drug-likeness (QED) is 0.708. The van der Waals surface area contributed by atoms with Crippen LogP contribution in [0.3, 0.4) is 0 Å². The molecule has 0 aromatic heterocycles. The summed E-state index contributed by atoms with van der Waals surface area (Å²) in [5.41, 5.74) is 1.56. The van der Waals surface area contributed by atoms with Gasteiger partial charge in [0.25, 0.3) is 0 Å². The third kappa shape index (κ3) is 7.53. The molecule has 6 nitrogen and oxygen atoms in total. The van der Waals surface area contributed by atoms with E-state index in [2.05, 4.69) is 10.2 Å². The van der Waals surface area contributed by atoms with Crippen molar-refractivity contribution in [3.8, 4) is 0 Å².